The molecule has 2 N–H and O–H groups in total. The summed E-state index contributed by atoms with van der Waals surface area (Å²) in [7, 11) is 0. The second-order valence-corrected chi connectivity index (χ2v) is 11.9. The molecule has 0 aromatic heterocycles. The van der Waals surface area contributed by atoms with Gasteiger partial charge < -0.3 is 20.3 Å². The molecule has 4 bridgehead atoms. The van der Waals surface area contributed by atoms with E-state index in [1.807, 2.05) is 52.0 Å². The molecule has 4 aliphatic rings. The first kappa shape index (κ1) is 25.5. The van der Waals surface area contributed by atoms with Crippen LogP contribution in [0.2, 0.25) is 0 Å². The fourth-order valence-electron chi connectivity index (χ4n) is 6.70. The number of rotatable bonds is 8. The molecule has 0 aliphatic heterocycles. The maximum atomic E-state index is 13.1. The van der Waals surface area contributed by atoms with Crippen molar-refractivity contribution in [3.63, 3.8) is 0 Å². The van der Waals surface area contributed by atoms with E-state index in [4.69, 9.17) is 4.74 Å². The minimum Gasteiger partial charge on any atom is -0.444 e. The fourth-order valence-corrected chi connectivity index (χ4v) is 6.70. The molecule has 7 nitrogen and oxygen atoms in total. The summed E-state index contributed by atoms with van der Waals surface area (Å²) in [6, 6.07) is 7.49. The van der Waals surface area contributed by atoms with Crippen LogP contribution in [0.3, 0.4) is 0 Å². The number of para-hydroxylation sites is 1. The van der Waals surface area contributed by atoms with Gasteiger partial charge >= 0.3 is 6.09 Å². The summed E-state index contributed by atoms with van der Waals surface area (Å²) in [6.45, 7) is 8.60. The maximum absolute atomic E-state index is 13.1. The standard InChI is InChI=1S/C28H41N3O4/c1-5-31(26(34)35-27(2,3)4)18-22-8-6-7-9-23(22)30-24(32)10-11-29-25(33)28-15-19-12-20(16-28)14-21(13-19)17-28/h6-9,19-21H,5,10-18H2,1-4H3,(H,29,33)(H,30,32). The Balaban J connectivity index is 1.29. The highest BCUT2D eigenvalue weighted by atomic mass is 16.6. The maximum Gasteiger partial charge on any atom is 0.410 e. The van der Waals surface area contributed by atoms with Gasteiger partial charge in [-0.15, -0.1) is 0 Å². The molecule has 35 heavy (non-hydrogen) atoms. The van der Waals surface area contributed by atoms with Crippen LogP contribution in [0.1, 0.15) is 78.2 Å². The number of anilines is 1. The summed E-state index contributed by atoms with van der Waals surface area (Å²) in [5.74, 6) is 2.16. The summed E-state index contributed by atoms with van der Waals surface area (Å²) in [4.78, 5) is 40.0. The molecule has 4 saturated carbocycles. The number of ether oxygens (including phenoxy) is 1. The minimum absolute atomic E-state index is 0.149. The van der Waals surface area contributed by atoms with E-state index in [0.717, 1.165) is 42.6 Å². The molecular formula is C28H41N3O4. The third-order valence-electron chi connectivity index (χ3n) is 7.84. The second kappa shape index (κ2) is 10.2. The third kappa shape index (κ3) is 6.17. The highest BCUT2D eigenvalue weighted by Gasteiger charge is 2.54. The van der Waals surface area contributed by atoms with Gasteiger partial charge in [-0.2, -0.15) is 0 Å². The van der Waals surface area contributed by atoms with Crippen LogP contribution < -0.4 is 10.6 Å². The van der Waals surface area contributed by atoms with Gasteiger partial charge in [0.15, 0.2) is 0 Å². The molecule has 0 unspecified atom stereocenters. The minimum atomic E-state index is -0.571. The first-order valence-corrected chi connectivity index (χ1v) is 13.2. The first-order chi connectivity index (χ1) is 16.6. The van der Waals surface area contributed by atoms with Crippen molar-refractivity contribution in [1.82, 2.24) is 10.2 Å². The molecule has 0 heterocycles. The van der Waals surface area contributed by atoms with Crippen molar-refractivity contribution >= 4 is 23.6 Å². The van der Waals surface area contributed by atoms with E-state index in [1.165, 1.54) is 19.3 Å². The van der Waals surface area contributed by atoms with Crippen LogP contribution >= 0.6 is 0 Å². The number of nitrogens with one attached hydrogen (secondary N) is 2. The van der Waals surface area contributed by atoms with Crippen LogP contribution in [0.4, 0.5) is 10.5 Å². The number of benzene rings is 1. The molecule has 5 rings (SSSR count). The van der Waals surface area contributed by atoms with E-state index >= 15 is 0 Å². The number of hydrogen-bond donors (Lipinski definition) is 2. The van der Waals surface area contributed by atoms with Gasteiger partial charge in [-0.25, -0.2) is 4.79 Å². The van der Waals surface area contributed by atoms with Crippen molar-refractivity contribution in [1.29, 1.82) is 0 Å². The van der Waals surface area contributed by atoms with Crippen molar-refractivity contribution in [2.24, 2.45) is 23.2 Å². The van der Waals surface area contributed by atoms with Gasteiger partial charge in [-0.3, -0.25) is 9.59 Å². The lowest BCUT2D eigenvalue weighted by Crippen LogP contribution is -2.53. The van der Waals surface area contributed by atoms with Gasteiger partial charge in [0.25, 0.3) is 0 Å². The van der Waals surface area contributed by atoms with Crippen LogP contribution in [0, 0.1) is 23.2 Å². The van der Waals surface area contributed by atoms with Crippen LogP contribution in [-0.2, 0) is 20.9 Å². The Hall–Kier alpha value is -2.57. The van der Waals surface area contributed by atoms with E-state index in [2.05, 4.69) is 10.6 Å². The second-order valence-electron chi connectivity index (χ2n) is 11.9. The van der Waals surface area contributed by atoms with E-state index in [-0.39, 0.29) is 29.7 Å². The Bertz CT molecular complexity index is 916. The molecule has 0 radical (unpaired) electrons. The van der Waals surface area contributed by atoms with Crippen molar-refractivity contribution < 1.29 is 19.1 Å². The lowest BCUT2D eigenvalue weighted by Gasteiger charge is -2.55. The first-order valence-electron chi connectivity index (χ1n) is 13.2. The summed E-state index contributed by atoms with van der Waals surface area (Å²) >= 11 is 0. The smallest absolute Gasteiger partial charge is 0.410 e. The molecular weight excluding hydrogens is 442 g/mol. The Morgan fingerprint density at radius 3 is 2.20 bits per heavy atom. The van der Waals surface area contributed by atoms with Gasteiger partial charge in [0, 0.05) is 30.6 Å². The Morgan fingerprint density at radius 2 is 1.63 bits per heavy atom. The topological polar surface area (TPSA) is 87.7 Å². The number of nitrogens with zero attached hydrogens (tertiary/aromatic N) is 1. The SMILES string of the molecule is CCN(Cc1ccccc1NC(=O)CCNC(=O)C12CC3CC(CC(C3)C1)C2)C(=O)OC(C)(C)C. The third-order valence-corrected chi connectivity index (χ3v) is 7.84. The van der Waals surface area contributed by atoms with Crippen LogP contribution in [0.15, 0.2) is 24.3 Å². The Labute approximate surface area is 209 Å². The van der Waals surface area contributed by atoms with Gasteiger partial charge in [0.05, 0.1) is 6.54 Å². The van der Waals surface area contributed by atoms with Gasteiger partial charge in [0.2, 0.25) is 11.8 Å². The zero-order valence-corrected chi connectivity index (χ0v) is 21.7. The van der Waals surface area contributed by atoms with Gasteiger partial charge in [0.1, 0.15) is 5.60 Å². The predicted molar refractivity (Wildman–Crippen MR) is 136 cm³/mol. The summed E-state index contributed by atoms with van der Waals surface area (Å²) < 4.78 is 5.51. The zero-order valence-electron chi connectivity index (χ0n) is 21.7. The van der Waals surface area contributed by atoms with Crippen molar-refractivity contribution in [2.45, 2.75) is 84.8 Å². The Kier molecular flexibility index (Phi) is 7.43. The van der Waals surface area contributed by atoms with Crippen molar-refractivity contribution in [3.05, 3.63) is 29.8 Å². The summed E-state index contributed by atoms with van der Waals surface area (Å²) in [6.07, 6.45) is 6.82. The number of amides is 3. The number of carbonyl (C=O) groups is 3. The molecule has 0 saturated heterocycles. The monoisotopic (exact) mass is 483 g/mol. The molecule has 3 amide bonds. The Morgan fingerprint density at radius 1 is 1.03 bits per heavy atom. The van der Waals surface area contributed by atoms with E-state index < -0.39 is 5.60 Å². The zero-order chi connectivity index (χ0) is 25.2. The van der Waals surface area contributed by atoms with Crippen LogP contribution in [0.5, 0.6) is 0 Å². The van der Waals surface area contributed by atoms with Gasteiger partial charge in [-0.05, 0) is 95.6 Å². The van der Waals surface area contributed by atoms with E-state index in [9.17, 15) is 14.4 Å². The highest BCUT2D eigenvalue weighted by molar-refractivity contribution is 5.92. The quantitative estimate of drug-likeness (QED) is 0.538. The highest BCUT2D eigenvalue weighted by Crippen LogP contribution is 2.60. The van der Waals surface area contributed by atoms with E-state index in [1.54, 1.807) is 4.90 Å². The lowest BCUT2D eigenvalue weighted by molar-refractivity contribution is -0.146. The average Bonchev–Trinajstić information content (AvgIpc) is 2.76. The largest absolute Gasteiger partial charge is 0.444 e. The van der Waals surface area contributed by atoms with Gasteiger partial charge in [-0.1, -0.05) is 18.2 Å². The van der Waals surface area contributed by atoms with Crippen molar-refractivity contribution in [2.75, 3.05) is 18.4 Å². The molecule has 1 aromatic rings. The molecule has 4 aliphatic carbocycles. The lowest BCUT2D eigenvalue weighted by atomic mass is 9.49. The molecule has 0 spiro atoms. The summed E-state index contributed by atoms with van der Waals surface area (Å²) in [5, 5.41) is 6.05. The molecule has 7 heteroatoms. The van der Waals surface area contributed by atoms with Crippen LogP contribution in [-0.4, -0.2) is 41.5 Å². The molecule has 1 aromatic carbocycles. The molecule has 192 valence electrons. The average molecular weight is 484 g/mol. The predicted octanol–water partition coefficient (Wildman–Crippen LogP) is 5.10. The number of hydrogen-bond acceptors (Lipinski definition) is 4. The number of carbonyl (C=O) groups excluding carboxylic acids is 3. The van der Waals surface area contributed by atoms with E-state index in [0.29, 0.717) is 25.3 Å². The normalized spacial score (nSPS) is 26.8. The van der Waals surface area contributed by atoms with Crippen LogP contribution in [0.25, 0.3) is 0 Å². The van der Waals surface area contributed by atoms with Crippen molar-refractivity contribution in [3.8, 4) is 0 Å². The molecule has 4 fully saturated rings. The summed E-state index contributed by atoms with van der Waals surface area (Å²) in [5.41, 5.74) is 0.750. The fraction of sp³-hybridized carbons (Fsp3) is 0.679. The molecule has 0 atom stereocenters.